The van der Waals surface area contributed by atoms with Gasteiger partial charge >= 0.3 is 19.8 Å². The molecule has 318 valence electrons. The van der Waals surface area contributed by atoms with Gasteiger partial charge in [0.25, 0.3) is 0 Å². The minimum atomic E-state index is -4.62. The average Bonchev–Trinajstić information content (AvgIpc) is 3.92. The zero-order chi connectivity index (χ0) is 39.5. The van der Waals surface area contributed by atoms with Gasteiger partial charge in [0.05, 0.1) is 32.0 Å². The molecule has 0 radical (unpaired) electrons. The summed E-state index contributed by atoms with van der Waals surface area (Å²) in [6.07, 6.45) is 33.3. The second kappa shape index (κ2) is 34.9. The lowest BCUT2D eigenvalue weighted by atomic mass is 10.0. The molecule has 1 saturated heterocycles. The molecule has 5 atom stereocenters. The molecular formula is C42H79O11P. The van der Waals surface area contributed by atoms with Crippen LogP contribution in [0.25, 0.3) is 0 Å². The molecule has 3 N–H and O–H groups in total. The minimum absolute atomic E-state index is 0.183. The number of esters is 2. The van der Waals surface area contributed by atoms with Gasteiger partial charge in [-0.1, -0.05) is 154 Å². The number of phosphoric ester groups is 1. The summed E-state index contributed by atoms with van der Waals surface area (Å²) in [6.45, 7) is 2.34. The molecule has 1 fully saturated rings. The Labute approximate surface area is 328 Å². The number of unbranched alkanes of at least 4 members (excludes halogenated alkanes) is 21. The first kappa shape index (κ1) is 50.7. The maximum atomic E-state index is 12.6. The monoisotopic (exact) mass is 791 g/mol. The van der Waals surface area contributed by atoms with Gasteiger partial charge in [-0.05, 0) is 38.5 Å². The molecule has 0 amide bonds. The zero-order valence-corrected chi connectivity index (χ0v) is 35.0. The lowest BCUT2D eigenvalue weighted by Crippen LogP contribution is -2.29. The van der Waals surface area contributed by atoms with E-state index in [4.69, 9.17) is 28.4 Å². The highest BCUT2D eigenvalue weighted by molar-refractivity contribution is 7.47. The van der Waals surface area contributed by atoms with Gasteiger partial charge in [0.15, 0.2) is 6.10 Å². The van der Waals surface area contributed by atoms with Crippen molar-refractivity contribution in [2.24, 2.45) is 0 Å². The maximum absolute atomic E-state index is 12.6. The SMILES string of the molecule is CCCCC/C=C\CC1OC1CCCCCCCC(=O)OC[C@H](COP(=O)(O)OC[C@@H](O)CO)OC(=O)CCCCCCCCCCCCCCCCC. The summed E-state index contributed by atoms with van der Waals surface area (Å²) in [6, 6.07) is 0. The third-order valence-electron chi connectivity index (χ3n) is 9.84. The van der Waals surface area contributed by atoms with Crippen molar-refractivity contribution in [3.63, 3.8) is 0 Å². The second-order valence-corrected chi connectivity index (χ2v) is 16.6. The van der Waals surface area contributed by atoms with Crippen LogP contribution >= 0.6 is 7.82 Å². The first-order chi connectivity index (χ1) is 26.2. The van der Waals surface area contributed by atoms with E-state index >= 15 is 0 Å². The van der Waals surface area contributed by atoms with Gasteiger partial charge in [-0.15, -0.1) is 0 Å². The Morgan fingerprint density at radius 1 is 0.648 bits per heavy atom. The molecular weight excluding hydrogens is 711 g/mol. The summed E-state index contributed by atoms with van der Waals surface area (Å²) in [5.41, 5.74) is 0. The third kappa shape index (κ3) is 31.8. The van der Waals surface area contributed by atoms with E-state index in [0.29, 0.717) is 25.0 Å². The largest absolute Gasteiger partial charge is 0.472 e. The second-order valence-electron chi connectivity index (χ2n) is 15.1. The molecule has 0 aromatic carbocycles. The number of aliphatic hydroxyl groups excluding tert-OH is 2. The van der Waals surface area contributed by atoms with Crippen LogP contribution in [-0.4, -0.2) is 77.9 Å². The molecule has 12 heteroatoms. The lowest BCUT2D eigenvalue weighted by Gasteiger charge is -2.20. The van der Waals surface area contributed by atoms with Crippen LogP contribution in [0.4, 0.5) is 0 Å². The molecule has 54 heavy (non-hydrogen) atoms. The van der Waals surface area contributed by atoms with E-state index in [2.05, 4.69) is 26.0 Å². The van der Waals surface area contributed by atoms with E-state index in [0.717, 1.165) is 64.2 Å². The smallest absolute Gasteiger partial charge is 0.462 e. The maximum Gasteiger partial charge on any atom is 0.472 e. The number of allylic oxidation sites excluding steroid dienone is 1. The number of carbonyl (C=O) groups is 2. The highest BCUT2D eigenvalue weighted by atomic mass is 31.2. The molecule has 3 unspecified atom stereocenters. The topological polar surface area (TPSA) is 161 Å². The molecule has 1 rings (SSSR count). The van der Waals surface area contributed by atoms with E-state index in [9.17, 15) is 24.2 Å². The summed E-state index contributed by atoms with van der Waals surface area (Å²) in [5.74, 6) is -0.939. The van der Waals surface area contributed by atoms with Gasteiger partial charge in [-0.25, -0.2) is 4.57 Å². The van der Waals surface area contributed by atoms with Crippen molar-refractivity contribution in [3.05, 3.63) is 12.2 Å². The lowest BCUT2D eigenvalue weighted by molar-refractivity contribution is -0.161. The van der Waals surface area contributed by atoms with Crippen LogP contribution in [0.5, 0.6) is 0 Å². The molecule has 0 bridgehead atoms. The molecule has 0 aliphatic carbocycles. The number of hydrogen-bond acceptors (Lipinski definition) is 10. The van der Waals surface area contributed by atoms with Gasteiger partial charge in [-0.3, -0.25) is 18.6 Å². The number of rotatable bonds is 40. The van der Waals surface area contributed by atoms with E-state index < -0.39 is 51.8 Å². The molecule has 0 aromatic rings. The van der Waals surface area contributed by atoms with Crippen LogP contribution in [0.2, 0.25) is 0 Å². The van der Waals surface area contributed by atoms with E-state index in [1.54, 1.807) is 0 Å². The number of phosphoric acid groups is 1. The normalized spacial score (nSPS) is 17.7. The zero-order valence-electron chi connectivity index (χ0n) is 34.1. The molecule has 0 saturated carbocycles. The van der Waals surface area contributed by atoms with Crippen LogP contribution < -0.4 is 0 Å². The third-order valence-corrected chi connectivity index (χ3v) is 10.8. The van der Waals surface area contributed by atoms with Crippen LogP contribution in [0.15, 0.2) is 12.2 Å². The average molecular weight is 791 g/mol. The number of ether oxygens (including phenoxy) is 3. The molecule has 11 nitrogen and oxygen atoms in total. The van der Waals surface area contributed by atoms with Crippen molar-refractivity contribution < 1.29 is 52.5 Å². The van der Waals surface area contributed by atoms with Crippen molar-refractivity contribution >= 4 is 19.8 Å². The van der Waals surface area contributed by atoms with Gasteiger partial charge in [0.1, 0.15) is 12.7 Å². The first-order valence-corrected chi connectivity index (χ1v) is 23.3. The number of epoxide rings is 1. The van der Waals surface area contributed by atoms with E-state index in [1.807, 2.05) is 0 Å². The molecule has 0 spiro atoms. The Balaban J connectivity index is 2.24. The standard InChI is InChI=1S/C42H79O11P/c1-3-5-7-9-11-12-13-14-15-16-17-18-19-23-28-32-42(46)52-38(36-51-54(47,48)50-34-37(44)33-43)35-49-41(45)31-27-24-20-22-26-30-40-39(53-40)29-25-21-10-8-6-4-2/h21,25,37-40,43-44H,3-20,22-24,26-36H2,1-2H3,(H,47,48)/b25-21-/t37-,38+,39?,40?/m0/s1. The van der Waals surface area contributed by atoms with E-state index in [1.165, 1.54) is 89.9 Å². The number of carbonyl (C=O) groups excluding carboxylic acids is 2. The summed E-state index contributed by atoms with van der Waals surface area (Å²) >= 11 is 0. The molecule has 1 heterocycles. The van der Waals surface area contributed by atoms with Gasteiger partial charge in [-0.2, -0.15) is 0 Å². The summed E-state index contributed by atoms with van der Waals surface area (Å²) in [5, 5.41) is 18.3. The minimum Gasteiger partial charge on any atom is -0.462 e. The van der Waals surface area contributed by atoms with Crippen molar-refractivity contribution in [3.8, 4) is 0 Å². The van der Waals surface area contributed by atoms with Crippen LogP contribution in [0.1, 0.15) is 194 Å². The number of aliphatic hydroxyl groups is 2. The van der Waals surface area contributed by atoms with Crippen molar-refractivity contribution in [1.29, 1.82) is 0 Å². The predicted octanol–water partition coefficient (Wildman–Crippen LogP) is 10.2. The Kier molecular flexibility index (Phi) is 32.7. The molecule has 1 aliphatic rings. The quantitative estimate of drug-likeness (QED) is 0.0178. The van der Waals surface area contributed by atoms with E-state index in [-0.39, 0.29) is 19.4 Å². The van der Waals surface area contributed by atoms with Crippen LogP contribution in [-0.2, 0) is 37.4 Å². The highest BCUT2D eigenvalue weighted by Crippen LogP contribution is 2.43. The first-order valence-electron chi connectivity index (χ1n) is 21.8. The van der Waals surface area contributed by atoms with Gasteiger partial charge in [0.2, 0.25) is 0 Å². The Bertz CT molecular complexity index is 978. The predicted molar refractivity (Wildman–Crippen MR) is 214 cm³/mol. The Hall–Kier alpha value is -1.33. The Morgan fingerprint density at radius 2 is 1.15 bits per heavy atom. The van der Waals surface area contributed by atoms with Crippen LogP contribution in [0.3, 0.4) is 0 Å². The fourth-order valence-corrected chi connectivity index (χ4v) is 7.14. The fourth-order valence-electron chi connectivity index (χ4n) is 6.35. The fraction of sp³-hybridized carbons (Fsp3) is 0.905. The summed E-state index contributed by atoms with van der Waals surface area (Å²) in [7, 11) is -4.62. The van der Waals surface area contributed by atoms with Crippen LogP contribution in [0, 0.1) is 0 Å². The van der Waals surface area contributed by atoms with Crippen molar-refractivity contribution in [1.82, 2.24) is 0 Å². The molecule has 0 aromatic heterocycles. The van der Waals surface area contributed by atoms with Crippen molar-refractivity contribution in [2.45, 2.75) is 218 Å². The van der Waals surface area contributed by atoms with Crippen molar-refractivity contribution in [2.75, 3.05) is 26.4 Å². The van der Waals surface area contributed by atoms with Gasteiger partial charge < -0.3 is 29.3 Å². The molecule has 1 aliphatic heterocycles. The summed E-state index contributed by atoms with van der Waals surface area (Å²) in [4.78, 5) is 35.0. The highest BCUT2D eigenvalue weighted by Gasteiger charge is 2.36. The summed E-state index contributed by atoms with van der Waals surface area (Å²) < 4.78 is 38.5. The number of hydrogen-bond donors (Lipinski definition) is 3. The van der Waals surface area contributed by atoms with Gasteiger partial charge in [0, 0.05) is 12.8 Å². The Morgan fingerprint density at radius 3 is 1.72 bits per heavy atom.